The van der Waals surface area contributed by atoms with E-state index in [9.17, 15) is 9.59 Å². The molecule has 0 spiro atoms. The van der Waals surface area contributed by atoms with Crippen molar-refractivity contribution in [3.8, 4) is 5.75 Å². The van der Waals surface area contributed by atoms with Crippen molar-refractivity contribution in [3.63, 3.8) is 0 Å². The molecule has 2 aromatic rings. The number of para-hydroxylation sites is 1. The molecule has 0 aliphatic rings. The minimum Gasteiger partial charge on any atom is -0.481 e. The number of carbonyl (C=O) groups excluding carboxylic acids is 2. The largest absolute Gasteiger partial charge is 0.481 e. The first-order chi connectivity index (χ1) is 12.6. The van der Waals surface area contributed by atoms with E-state index in [1.807, 2.05) is 27.7 Å². The van der Waals surface area contributed by atoms with E-state index in [0.29, 0.717) is 22.0 Å². The Labute approximate surface area is 165 Å². The highest BCUT2D eigenvalue weighted by atomic mass is 35.5. The fourth-order valence-corrected chi connectivity index (χ4v) is 2.50. The van der Waals surface area contributed by atoms with Crippen LogP contribution >= 0.6 is 11.6 Å². The van der Waals surface area contributed by atoms with Gasteiger partial charge in [-0.05, 0) is 70.5 Å². The Morgan fingerprint density at radius 1 is 1.11 bits per heavy atom. The molecule has 2 amide bonds. The molecule has 0 bridgehead atoms. The standard InChI is InChI=1S/C21H25ClN2O3/c1-13-12-15(10-11-17(13)22)27-14(2)19(25)23-18-9-7-6-8-16(18)20(26)24-21(3,4)5/h6-12,14H,1-5H3,(H,23,25)(H,24,26)/t14-/m1/s1. The SMILES string of the molecule is Cc1cc(O[C@H](C)C(=O)Nc2ccccc2C(=O)NC(C)(C)C)ccc1Cl. The molecular weight excluding hydrogens is 364 g/mol. The first-order valence-electron chi connectivity index (χ1n) is 8.72. The summed E-state index contributed by atoms with van der Waals surface area (Å²) in [5.74, 6) is -0.0442. The quantitative estimate of drug-likeness (QED) is 0.787. The van der Waals surface area contributed by atoms with Gasteiger partial charge in [-0.2, -0.15) is 0 Å². The van der Waals surface area contributed by atoms with Crippen molar-refractivity contribution in [2.45, 2.75) is 46.3 Å². The molecule has 0 aromatic heterocycles. The van der Waals surface area contributed by atoms with Crippen LogP contribution in [0.15, 0.2) is 42.5 Å². The molecule has 2 N–H and O–H groups in total. The third-order valence-corrected chi connectivity index (χ3v) is 4.15. The van der Waals surface area contributed by atoms with Gasteiger partial charge in [-0.15, -0.1) is 0 Å². The highest BCUT2D eigenvalue weighted by Crippen LogP contribution is 2.22. The first kappa shape index (κ1) is 20.8. The van der Waals surface area contributed by atoms with Crippen LogP contribution in [-0.2, 0) is 4.79 Å². The Morgan fingerprint density at radius 3 is 2.41 bits per heavy atom. The molecule has 27 heavy (non-hydrogen) atoms. The monoisotopic (exact) mass is 388 g/mol. The van der Waals surface area contributed by atoms with E-state index in [4.69, 9.17) is 16.3 Å². The topological polar surface area (TPSA) is 67.4 Å². The van der Waals surface area contributed by atoms with Gasteiger partial charge in [-0.1, -0.05) is 23.7 Å². The fourth-order valence-electron chi connectivity index (χ4n) is 2.38. The van der Waals surface area contributed by atoms with Gasteiger partial charge >= 0.3 is 0 Å². The van der Waals surface area contributed by atoms with E-state index in [-0.39, 0.29) is 17.4 Å². The third kappa shape index (κ3) is 6.00. The van der Waals surface area contributed by atoms with E-state index in [0.717, 1.165) is 5.56 Å². The van der Waals surface area contributed by atoms with Crippen molar-refractivity contribution >= 4 is 29.1 Å². The molecule has 0 aliphatic carbocycles. The van der Waals surface area contributed by atoms with E-state index in [1.165, 1.54) is 0 Å². The summed E-state index contributed by atoms with van der Waals surface area (Å²) in [6, 6.07) is 12.1. The number of halogens is 1. The summed E-state index contributed by atoms with van der Waals surface area (Å²) in [7, 11) is 0. The summed E-state index contributed by atoms with van der Waals surface area (Å²) in [5.41, 5.74) is 1.32. The maximum absolute atomic E-state index is 12.5. The Hall–Kier alpha value is -2.53. The molecule has 144 valence electrons. The predicted molar refractivity (Wildman–Crippen MR) is 109 cm³/mol. The molecule has 0 unspecified atom stereocenters. The summed E-state index contributed by atoms with van der Waals surface area (Å²) in [4.78, 5) is 25.0. The van der Waals surface area contributed by atoms with Crippen molar-refractivity contribution < 1.29 is 14.3 Å². The lowest BCUT2D eigenvalue weighted by Gasteiger charge is -2.22. The van der Waals surface area contributed by atoms with Crippen molar-refractivity contribution in [2.24, 2.45) is 0 Å². The van der Waals surface area contributed by atoms with Gasteiger partial charge in [0.15, 0.2) is 6.10 Å². The van der Waals surface area contributed by atoms with E-state index >= 15 is 0 Å². The summed E-state index contributed by atoms with van der Waals surface area (Å²) in [6.45, 7) is 9.21. The molecule has 0 radical (unpaired) electrons. The molecule has 0 saturated heterocycles. The van der Waals surface area contributed by atoms with Crippen LogP contribution in [-0.4, -0.2) is 23.5 Å². The number of aryl methyl sites for hydroxylation is 1. The Balaban J connectivity index is 2.10. The molecule has 2 rings (SSSR count). The number of anilines is 1. The van der Waals surface area contributed by atoms with Crippen LogP contribution in [0.3, 0.4) is 0 Å². The van der Waals surface area contributed by atoms with Crippen molar-refractivity contribution in [1.29, 1.82) is 0 Å². The van der Waals surface area contributed by atoms with Crippen LogP contribution in [0.4, 0.5) is 5.69 Å². The van der Waals surface area contributed by atoms with E-state index < -0.39 is 6.10 Å². The second-order valence-corrected chi connectivity index (χ2v) is 7.82. The van der Waals surface area contributed by atoms with Crippen molar-refractivity contribution in [3.05, 3.63) is 58.6 Å². The Bertz CT molecular complexity index is 844. The number of amides is 2. The number of rotatable bonds is 5. The number of nitrogens with one attached hydrogen (secondary N) is 2. The number of hydrogen-bond donors (Lipinski definition) is 2. The van der Waals surface area contributed by atoms with Gasteiger partial charge in [-0.25, -0.2) is 0 Å². The lowest BCUT2D eigenvalue weighted by Crippen LogP contribution is -2.41. The van der Waals surface area contributed by atoms with Crippen LogP contribution in [0.5, 0.6) is 5.75 Å². The first-order valence-corrected chi connectivity index (χ1v) is 9.10. The van der Waals surface area contributed by atoms with Crippen molar-refractivity contribution in [1.82, 2.24) is 5.32 Å². The molecule has 0 saturated carbocycles. The summed E-state index contributed by atoms with van der Waals surface area (Å²) >= 11 is 6.01. The van der Waals surface area contributed by atoms with E-state index in [2.05, 4.69) is 10.6 Å². The molecule has 0 aliphatic heterocycles. The molecule has 6 heteroatoms. The van der Waals surface area contributed by atoms with Crippen molar-refractivity contribution in [2.75, 3.05) is 5.32 Å². The van der Waals surface area contributed by atoms with Crippen LogP contribution in [0.25, 0.3) is 0 Å². The highest BCUT2D eigenvalue weighted by molar-refractivity contribution is 6.31. The zero-order valence-electron chi connectivity index (χ0n) is 16.2. The van der Waals surface area contributed by atoms with Gasteiger partial charge in [0.25, 0.3) is 11.8 Å². The average molecular weight is 389 g/mol. The molecular formula is C21H25ClN2O3. The van der Waals surface area contributed by atoms with E-state index in [1.54, 1.807) is 49.4 Å². The number of benzene rings is 2. The van der Waals surface area contributed by atoms with Gasteiger partial charge in [0.1, 0.15) is 5.75 Å². The zero-order chi connectivity index (χ0) is 20.2. The van der Waals surface area contributed by atoms with Gasteiger partial charge in [0.05, 0.1) is 11.3 Å². The minimum atomic E-state index is -0.746. The minimum absolute atomic E-state index is 0.250. The zero-order valence-corrected chi connectivity index (χ0v) is 17.0. The number of hydrogen-bond acceptors (Lipinski definition) is 3. The second-order valence-electron chi connectivity index (χ2n) is 7.41. The van der Waals surface area contributed by atoms with Gasteiger partial charge in [-0.3, -0.25) is 9.59 Å². The molecule has 0 fully saturated rings. The lowest BCUT2D eigenvalue weighted by molar-refractivity contribution is -0.122. The van der Waals surface area contributed by atoms with Gasteiger partial charge in [0.2, 0.25) is 0 Å². The Morgan fingerprint density at radius 2 is 1.78 bits per heavy atom. The van der Waals surface area contributed by atoms with Crippen LogP contribution in [0.2, 0.25) is 5.02 Å². The predicted octanol–water partition coefficient (Wildman–Crippen LogP) is 4.58. The molecule has 5 nitrogen and oxygen atoms in total. The average Bonchev–Trinajstić information content (AvgIpc) is 2.57. The van der Waals surface area contributed by atoms with Crippen LogP contribution in [0.1, 0.15) is 43.6 Å². The Kier molecular flexibility index (Phi) is 6.50. The summed E-state index contributed by atoms with van der Waals surface area (Å²) in [6.07, 6.45) is -0.746. The highest BCUT2D eigenvalue weighted by Gasteiger charge is 2.21. The lowest BCUT2D eigenvalue weighted by atomic mass is 10.1. The summed E-state index contributed by atoms with van der Waals surface area (Å²) in [5, 5.41) is 6.31. The second kappa shape index (κ2) is 8.44. The summed E-state index contributed by atoms with van der Waals surface area (Å²) < 4.78 is 5.69. The number of carbonyl (C=O) groups is 2. The normalized spacial score (nSPS) is 12.2. The smallest absolute Gasteiger partial charge is 0.265 e. The molecule has 0 heterocycles. The van der Waals surface area contributed by atoms with Gasteiger partial charge in [0, 0.05) is 10.6 Å². The fraction of sp³-hybridized carbons (Fsp3) is 0.333. The maximum Gasteiger partial charge on any atom is 0.265 e. The molecule has 1 atom stereocenters. The van der Waals surface area contributed by atoms with Crippen LogP contribution in [0, 0.1) is 6.92 Å². The van der Waals surface area contributed by atoms with Crippen LogP contribution < -0.4 is 15.4 Å². The number of ether oxygens (including phenoxy) is 1. The third-order valence-electron chi connectivity index (χ3n) is 3.73. The molecule has 2 aromatic carbocycles. The maximum atomic E-state index is 12.5. The van der Waals surface area contributed by atoms with Gasteiger partial charge < -0.3 is 15.4 Å².